The number of H-pyrrole nitrogens is 1. The van der Waals surface area contributed by atoms with Crippen molar-refractivity contribution in [3.05, 3.63) is 42.1 Å². The molecule has 0 aliphatic heterocycles. The summed E-state index contributed by atoms with van der Waals surface area (Å²) in [5, 5.41) is 15.5. The van der Waals surface area contributed by atoms with Crippen LogP contribution < -0.4 is 5.48 Å². The Kier molecular flexibility index (Phi) is 2.58. The lowest BCUT2D eigenvalue weighted by Crippen LogP contribution is -2.06. The average Bonchev–Trinajstić information content (AvgIpc) is 2.68. The van der Waals surface area contributed by atoms with Crippen LogP contribution in [0.25, 0.3) is 11.3 Å². The van der Waals surface area contributed by atoms with Crippen molar-refractivity contribution in [2.75, 3.05) is 0 Å². The van der Waals surface area contributed by atoms with Gasteiger partial charge in [-0.1, -0.05) is 30.3 Å². The summed E-state index contributed by atoms with van der Waals surface area (Å²) in [4.78, 5) is 0. The van der Waals surface area contributed by atoms with Crippen LogP contribution in [-0.4, -0.2) is 15.4 Å². The SMILES string of the molecule is ONCc1c[nH]nc1-c1ccccc1. The summed E-state index contributed by atoms with van der Waals surface area (Å²) in [7, 11) is 0. The van der Waals surface area contributed by atoms with E-state index in [1.54, 1.807) is 6.20 Å². The molecule has 72 valence electrons. The highest BCUT2D eigenvalue weighted by Gasteiger charge is 2.06. The van der Waals surface area contributed by atoms with Crippen LogP contribution in [0.4, 0.5) is 0 Å². The minimum absolute atomic E-state index is 0.390. The molecular weight excluding hydrogens is 178 g/mol. The molecule has 1 heterocycles. The van der Waals surface area contributed by atoms with Crippen molar-refractivity contribution in [1.82, 2.24) is 15.7 Å². The van der Waals surface area contributed by atoms with E-state index < -0.39 is 0 Å². The highest BCUT2D eigenvalue weighted by atomic mass is 16.5. The van der Waals surface area contributed by atoms with Gasteiger partial charge in [-0.2, -0.15) is 5.10 Å². The van der Waals surface area contributed by atoms with Crippen molar-refractivity contribution in [2.45, 2.75) is 6.54 Å². The fourth-order valence-electron chi connectivity index (χ4n) is 1.38. The maximum Gasteiger partial charge on any atom is 0.0966 e. The van der Waals surface area contributed by atoms with Gasteiger partial charge in [-0.25, -0.2) is 5.48 Å². The Morgan fingerprint density at radius 3 is 2.79 bits per heavy atom. The normalized spacial score (nSPS) is 10.4. The van der Waals surface area contributed by atoms with Crippen LogP contribution in [0.1, 0.15) is 5.56 Å². The summed E-state index contributed by atoms with van der Waals surface area (Å²) in [5.41, 5.74) is 4.97. The molecule has 0 unspecified atom stereocenters. The monoisotopic (exact) mass is 189 g/mol. The van der Waals surface area contributed by atoms with Gasteiger partial charge >= 0.3 is 0 Å². The molecule has 1 aromatic heterocycles. The second kappa shape index (κ2) is 4.04. The first kappa shape index (κ1) is 8.93. The highest BCUT2D eigenvalue weighted by Crippen LogP contribution is 2.19. The zero-order valence-electron chi connectivity index (χ0n) is 7.57. The lowest BCUT2D eigenvalue weighted by Gasteiger charge is -2.00. The molecule has 0 aliphatic rings. The van der Waals surface area contributed by atoms with E-state index in [-0.39, 0.29) is 0 Å². The van der Waals surface area contributed by atoms with Gasteiger partial charge in [0.05, 0.1) is 5.69 Å². The number of hydrogen-bond donors (Lipinski definition) is 3. The van der Waals surface area contributed by atoms with Crippen molar-refractivity contribution in [3.63, 3.8) is 0 Å². The number of hydrogen-bond acceptors (Lipinski definition) is 3. The molecule has 2 rings (SSSR count). The van der Waals surface area contributed by atoms with Crippen molar-refractivity contribution < 1.29 is 5.21 Å². The molecule has 0 atom stereocenters. The van der Waals surface area contributed by atoms with E-state index in [0.717, 1.165) is 16.8 Å². The zero-order valence-corrected chi connectivity index (χ0v) is 7.57. The van der Waals surface area contributed by atoms with Gasteiger partial charge in [0.2, 0.25) is 0 Å². The van der Waals surface area contributed by atoms with Gasteiger partial charge in [-0.3, -0.25) is 5.10 Å². The van der Waals surface area contributed by atoms with Crippen LogP contribution in [0.15, 0.2) is 36.5 Å². The third-order valence-corrected chi connectivity index (χ3v) is 2.04. The summed E-state index contributed by atoms with van der Waals surface area (Å²) in [6.07, 6.45) is 1.77. The Balaban J connectivity index is 2.37. The number of nitrogens with one attached hydrogen (secondary N) is 2. The Morgan fingerprint density at radius 2 is 2.07 bits per heavy atom. The van der Waals surface area contributed by atoms with E-state index in [9.17, 15) is 0 Å². The summed E-state index contributed by atoms with van der Waals surface area (Å²) in [5.74, 6) is 0. The van der Waals surface area contributed by atoms with Crippen LogP contribution >= 0.6 is 0 Å². The maximum atomic E-state index is 8.62. The largest absolute Gasteiger partial charge is 0.316 e. The van der Waals surface area contributed by atoms with Gasteiger partial charge in [0, 0.05) is 23.9 Å². The summed E-state index contributed by atoms with van der Waals surface area (Å²) in [6.45, 7) is 0.390. The molecule has 0 saturated carbocycles. The summed E-state index contributed by atoms with van der Waals surface area (Å²) < 4.78 is 0. The smallest absolute Gasteiger partial charge is 0.0966 e. The minimum atomic E-state index is 0.390. The summed E-state index contributed by atoms with van der Waals surface area (Å²) >= 11 is 0. The van der Waals surface area contributed by atoms with Gasteiger partial charge in [-0.15, -0.1) is 0 Å². The molecule has 0 aliphatic carbocycles. The van der Waals surface area contributed by atoms with Gasteiger partial charge in [0.25, 0.3) is 0 Å². The number of nitrogens with zero attached hydrogens (tertiary/aromatic N) is 1. The molecule has 14 heavy (non-hydrogen) atoms. The third-order valence-electron chi connectivity index (χ3n) is 2.04. The van der Waals surface area contributed by atoms with Crippen LogP contribution in [0.3, 0.4) is 0 Å². The second-order valence-corrected chi connectivity index (χ2v) is 2.96. The topological polar surface area (TPSA) is 60.9 Å². The standard InChI is InChI=1S/C10H11N3O/c14-12-7-9-6-11-13-10(9)8-4-2-1-3-5-8/h1-6,12,14H,7H2,(H,11,13). The lowest BCUT2D eigenvalue weighted by molar-refractivity contribution is 0.161. The fourth-order valence-corrected chi connectivity index (χ4v) is 1.38. The molecule has 0 radical (unpaired) electrons. The van der Waals surface area contributed by atoms with Crippen molar-refractivity contribution in [1.29, 1.82) is 0 Å². The Labute approximate surface area is 81.5 Å². The van der Waals surface area contributed by atoms with Crippen LogP contribution in [-0.2, 0) is 6.54 Å². The molecule has 3 N–H and O–H groups in total. The Hall–Kier alpha value is -1.65. The fraction of sp³-hybridized carbons (Fsp3) is 0.100. The molecule has 1 aromatic carbocycles. The number of rotatable bonds is 3. The predicted molar refractivity (Wildman–Crippen MR) is 52.6 cm³/mol. The van der Waals surface area contributed by atoms with Crippen LogP contribution in [0.5, 0.6) is 0 Å². The van der Waals surface area contributed by atoms with Crippen LogP contribution in [0.2, 0.25) is 0 Å². The van der Waals surface area contributed by atoms with Gasteiger partial charge in [0.1, 0.15) is 0 Å². The Bertz CT molecular complexity index is 397. The van der Waals surface area contributed by atoms with Gasteiger partial charge in [0.15, 0.2) is 0 Å². The number of hydroxylamine groups is 1. The van der Waals surface area contributed by atoms with E-state index in [1.807, 2.05) is 30.3 Å². The molecule has 0 bridgehead atoms. The van der Waals surface area contributed by atoms with Crippen molar-refractivity contribution >= 4 is 0 Å². The number of aromatic amines is 1. The molecule has 0 amide bonds. The average molecular weight is 189 g/mol. The minimum Gasteiger partial charge on any atom is -0.316 e. The van der Waals surface area contributed by atoms with E-state index in [1.165, 1.54) is 0 Å². The number of aromatic nitrogens is 2. The molecule has 0 spiro atoms. The first-order chi connectivity index (χ1) is 6.92. The first-order valence-corrected chi connectivity index (χ1v) is 4.37. The lowest BCUT2D eigenvalue weighted by atomic mass is 10.1. The van der Waals surface area contributed by atoms with Gasteiger partial charge in [-0.05, 0) is 0 Å². The molecule has 2 aromatic rings. The van der Waals surface area contributed by atoms with Gasteiger partial charge < -0.3 is 5.21 Å². The van der Waals surface area contributed by atoms with E-state index in [0.29, 0.717) is 6.54 Å². The summed E-state index contributed by atoms with van der Waals surface area (Å²) in [6, 6.07) is 9.84. The van der Waals surface area contributed by atoms with Crippen molar-refractivity contribution in [3.8, 4) is 11.3 Å². The third kappa shape index (κ3) is 1.66. The molecule has 4 heteroatoms. The molecule has 0 fully saturated rings. The maximum absolute atomic E-state index is 8.62. The molecular formula is C10H11N3O. The quantitative estimate of drug-likeness (QED) is 0.642. The van der Waals surface area contributed by atoms with E-state index >= 15 is 0 Å². The number of benzene rings is 1. The van der Waals surface area contributed by atoms with E-state index in [4.69, 9.17) is 5.21 Å². The molecule has 4 nitrogen and oxygen atoms in total. The van der Waals surface area contributed by atoms with E-state index in [2.05, 4.69) is 15.7 Å². The molecule has 0 saturated heterocycles. The predicted octanol–water partition coefficient (Wildman–Crippen LogP) is 1.56. The zero-order chi connectivity index (χ0) is 9.80. The van der Waals surface area contributed by atoms with Crippen LogP contribution in [0, 0.1) is 0 Å². The highest BCUT2D eigenvalue weighted by molar-refractivity contribution is 5.62. The van der Waals surface area contributed by atoms with Crippen molar-refractivity contribution in [2.24, 2.45) is 0 Å². The Morgan fingerprint density at radius 1 is 1.29 bits per heavy atom. The second-order valence-electron chi connectivity index (χ2n) is 2.96. The first-order valence-electron chi connectivity index (χ1n) is 4.37.